The highest BCUT2D eigenvalue weighted by molar-refractivity contribution is 6.28. The number of carbonyl (C=O) groups excluding carboxylic acids is 3. The van der Waals surface area contributed by atoms with Gasteiger partial charge in [0.15, 0.2) is 0 Å². The van der Waals surface area contributed by atoms with Crippen LogP contribution in [-0.4, -0.2) is 27.8 Å². The second-order valence-electron chi connectivity index (χ2n) is 7.02. The Labute approximate surface area is 178 Å². The summed E-state index contributed by atoms with van der Waals surface area (Å²) in [5.41, 5.74) is 2.20. The number of aliphatic hydroxyl groups is 1. The molecule has 9 heteroatoms. The summed E-state index contributed by atoms with van der Waals surface area (Å²) in [6, 6.07) is 11.4. The van der Waals surface area contributed by atoms with Crippen molar-refractivity contribution in [3.63, 3.8) is 0 Å². The molecule has 3 rings (SSSR count). The second kappa shape index (κ2) is 9.77. The lowest BCUT2D eigenvalue weighted by Gasteiger charge is -2.14. The van der Waals surface area contributed by atoms with Crippen molar-refractivity contribution in [2.24, 2.45) is 0 Å². The number of anilines is 1. The molecular weight excluding hydrogens is 402 g/mol. The molecule has 2 N–H and O–H groups in total. The fourth-order valence-electron chi connectivity index (χ4n) is 3.26. The van der Waals surface area contributed by atoms with Crippen LogP contribution in [0.1, 0.15) is 29.5 Å². The number of nitrogens with zero attached hydrogens (tertiary/aromatic N) is 2. The van der Waals surface area contributed by atoms with Crippen LogP contribution in [0.5, 0.6) is 0 Å². The van der Waals surface area contributed by atoms with Gasteiger partial charge in [-0.25, -0.2) is 4.90 Å². The molecule has 2 aromatic rings. The molecule has 0 atom stereocenters. The molecule has 1 aliphatic rings. The smallest absolute Gasteiger partial charge is 0.274 e. The van der Waals surface area contributed by atoms with Crippen LogP contribution in [0.2, 0.25) is 0 Å². The normalized spacial score (nSPS) is 13.0. The predicted octanol–water partition coefficient (Wildman–Crippen LogP) is 2.16. The zero-order valence-electron chi connectivity index (χ0n) is 16.6. The number of amides is 3. The van der Waals surface area contributed by atoms with Crippen LogP contribution in [0.25, 0.3) is 0 Å². The van der Waals surface area contributed by atoms with E-state index in [0.29, 0.717) is 30.5 Å². The molecule has 31 heavy (non-hydrogen) atoms. The lowest BCUT2D eigenvalue weighted by Crippen LogP contribution is -2.29. The van der Waals surface area contributed by atoms with Crippen molar-refractivity contribution in [3.05, 3.63) is 81.4 Å². The molecule has 0 saturated carbocycles. The standard InChI is InChI=1S/C22H21N3O6/c26-14-17-12-16(6-9-19(17)25(30)31)13-23-20(27)3-1-2-15-4-7-18(8-5-15)24-21(28)10-11-22(24)29/h4-12,26H,1-3,13-14H2,(H,23,27). The van der Waals surface area contributed by atoms with E-state index in [1.165, 1.54) is 24.3 Å². The number of carbonyl (C=O) groups is 3. The van der Waals surface area contributed by atoms with E-state index in [2.05, 4.69) is 5.32 Å². The van der Waals surface area contributed by atoms with E-state index in [9.17, 15) is 29.6 Å². The van der Waals surface area contributed by atoms with Crippen molar-refractivity contribution in [1.29, 1.82) is 0 Å². The van der Waals surface area contributed by atoms with Gasteiger partial charge in [0.1, 0.15) is 0 Å². The van der Waals surface area contributed by atoms with Crippen LogP contribution in [-0.2, 0) is 34.0 Å². The van der Waals surface area contributed by atoms with Gasteiger partial charge in [-0.1, -0.05) is 18.2 Å². The Kier molecular flexibility index (Phi) is 6.88. The summed E-state index contributed by atoms with van der Waals surface area (Å²) in [4.78, 5) is 46.9. The number of nitrogens with one attached hydrogen (secondary N) is 1. The summed E-state index contributed by atoms with van der Waals surface area (Å²) in [6.07, 6.45) is 4.03. The third-order valence-electron chi connectivity index (χ3n) is 4.87. The Balaban J connectivity index is 1.45. The quantitative estimate of drug-likeness (QED) is 0.361. The van der Waals surface area contributed by atoms with E-state index < -0.39 is 11.5 Å². The van der Waals surface area contributed by atoms with Crippen molar-refractivity contribution < 1.29 is 24.4 Å². The zero-order valence-corrected chi connectivity index (χ0v) is 16.6. The molecule has 9 nitrogen and oxygen atoms in total. The van der Waals surface area contributed by atoms with E-state index in [0.717, 1.165) is 10.5 Å². The average molecular weight is 423 g/mol. The number of imide groups is 1. The molecule has 1 aliphatic heterocycles. The highest BCUT2D eigenvalue weighted by Gasteiger charge is 2.24. The lowest BCUT2D eigenvalue weighted by atomic mass is 10.1. The number of benzene rings is 2. The summed E-state index contributed by atoms with van der Waals surface area (Å²) >= 11 is 0. The van der Waals surface area contributed by atoms with Crippen molar-refractivity contribution in [2.45, 2.75) is 32.4 Å². The molecule has 0 unspecified atom stereocenters. The first-order valence-corrected chi connectivity index (χ1v) is 9.68. The maximum absolute atomic E-state index is 12.1. The van der Waals surface area contributed by atoms with Crippen LogP contribution in [0.4, 0.5) is 11.4 Å². The molecule has 0 aromatic heterocycles. The molecule has 0 saturated heterocycles. The highest BCUT2D eigenvalue weighted by atomic mass is 16.6. The summed E-state index contributed by atoms with van der Waals surface area (Å²) in [5.74, 6) is -0.887. The van der Waals surface area contributed by atoms with Crippen LogP contribution in [0.15, 0.2) is 54.6 Å². The Bertz CT molecular complexity index is 1030. The second-order valence-corrected chi connectivity index (χ2v) is 7.02. The first-order valence-electron chi connectivity index (χ1n) is 9.68. The van der Waals surface area contributed by atoms with E-state index >= 15 is 0 Å². The van der Waals surface area contributed by atoms with Crippen LogP contribution >= 0.6 is 0 Å². The third-order valence-corrected chi connectivity index (χ3v) is 4.87. The number of aliphatic hydroxyl groups excluding tert-OH is 1. The van der Waals surface area contributed by atoms with Gasteiger partial charge < -0.3 is 10.4 Å². The van der Waals surface area contributed by atoms with Gasteiger partial charge in [-0.2, -0.15) is 0 Å². The molecular formula is C22H21N3O6. The maximum Gasteiger partial charge on any atom is 0.274 e. The summed E-state index contributed by atoms with van der Waals surface area (Å²) in [6.45, 7) is -0.238. The van der Waals surface area contributed by atoms with Gasteiger partial charge in [0.25, 0.3) is 17.5 Å². The Morgan fingerprint density at radius 1 is 1.03 bits per heavy atom. The van der Waals surface area contributed by atoms with Crippen LogP contribution < -0.4 is 10.2 Å². The van der Waals surface area contributed by atoms with Crippen LogP contribution in [0, 0.1) is 10.1 Å². The van der Waals surface area contributed by atoms with E-state index in [-0.39, 0.29) is 35.5 Å². The lowest BCUT2D eigenvalue weighted by molar-refractivity contribution is -0.385. The zero-order chi connectivity index (χ0) is 22.4. The number of rotatable bonds is 9. The summed E-state index contributed by atoms with van der Waals surface area (Å²) in [7, 11) is 0. The highest BCUT2D eigenvalue weighted by Crippen LogP contribution is 2.21. The molecule has 0 bridgehead atoms. The monoisotopic (exact) mass is 423 g/mol. The fraction of sp³-hybridized carbons (Fsp3) is 0.227. The van der Waals surface area contributed by atoms with Crippen LogP contribution in [0.3, 0.4) is 0 Å². The van der Waals surface area contributed by atoms with Gasteiger partial charge >= 0.3 is 0 Å². The minimum absolute atomic E-state index is 0.153. The van der Waals surface area contributed by atoms with Gasteiger partial charge in [-0.3, -0.25) is 24.5 Å². The van der Waals surface area contributed by atoms with Crippen molar-refractivity contribution in [1.82, 2.24) is 5.32 Å². The summed E-state index contributed by atoms with van der Waals surface area (Å²) in [5, 5.41) is 22.9. The largest absolute Gasteiger partial charge is 0.391 e. The predicted molar refractivity (Wildman–Crippen MR) is 112 cm³/mol. The van der Waals surface area contributed by atoms with Crippen molar-refractivity contribution in [2.75, 3.05) is 4.90 Å². The van der Waals surface area contributed by atoms with Gasteiger partial charge in [0.2, 0.25) is 5.91 Å². The molecule has 2 aromatic carbocycles. The Morgan fingerprint density at radius 3 is 2.29 bits per heavy atom. The molecule has 160 valence electrons. The first-order chi connectivity index (χ1) is 14.9. The molecule has 0 aliphatic carbocycles. The Morgan fingerprint density at radius 2 is 1.68 bits per heavy atom. The van der Waals surface area contributed by atoms with E-state index in [4.69, 9.17) is 0 Å². The average Bonchev–Trinajstić information content (AvgIpc) is 3.10. The van der Waals surface area contributed by atoms with E-state index in [1.54, 1.807) is 18.2 Å². The number of hydrogen-bond acceptors (Lipinski definition) is 6. The topological polar surface area (TPSA) is 130 Å². The summed E-state index contributed by atoms with van der Waals surface area (Å²) < 4.78 is 0. The van der Waals surface area contributed by atoms with Gasteiger partial charge in [-0.05, 0) is 42.2 Å². The number of aryl methyl sites for hydroxylation is 1. The number of nitro benzene ring substituents is 1. The van der Waals surface area contributed by atoms with Crippen molar-refractivity contribution >= 4 is 29.1 Å². The first kappa shape index (κ1) is 21.8. The maximum atomic E-state index is 12.1. The number of hydrogen-bond donors (Lipinski definition) is 2. The molecule has 0 fully saturated rings. The third kappa shape index (κ3) is 5.40. The molecule has 1 heterocycles. The SMILES string of the molecule is O=C(CCCc1ccc(N2C(=O)C=CC2=O)cc1)NCc1ccc([N+](=O)[O-])c(CO)c1. The van der Waals surface area contributed by atoms with Gasteiger partial charge in [-0.15, -0.1) is 0 Å². The van der Waals surface area contributed by atoms with Crippen molar-refractivity contribution in [3.8, 4) is 0 Å². The minimum Gasteiger partial charge on any atom is -0.391 e. The molecule has 0 radical (unpaired) electrons. The molecule has 0 spiro atoms. The fourth-order valence-corrected chi connectivity index (χ4v) is 3.26. The van der Waals surface area contributed by atoms with Gasteiger partial charge in [0.05, 0.1) is 22.8 Å². The molecule has 3 amide bonds. The minimum atomic E-state index is -0.557. The number of nitro groups is 1. The van der Waals surface area contributed by atoms with Gasteiger partial charge in [0, 0.05) is 31.2 Å². The Hall–Kier alpha value is -3.85. The van der Waals surface area contributed by atoms with E-state index in [1.807, 2.05) is 12.1 Å².